The number of benzene rings is 2. The van der Waals surface area contributed by atoms with E-state index >= 15 is 0 Å². The highest BCUT2D eigenvalue weighted by Gasteiger charge is 2.02. The Morgan fingerprint density at radius 1 is 1.18 bits per heavy atom. The molecule has 2 aromatic rings. The number of halogens is 2. The Hall–Kier alpha value is -1.83. The molecule has 2 rings (SSSR count). The number of phenolic OH excluding ortho intramolecular Hbond substituents is 1. The zero-order valence-corrected chi connectivity index (χ0v) is 14.8. The minimum absolute atomic E-state index is 0. The summed E-state index contributed by atoms with van der Waals surface area (Å²) >= 11 is 0. The average molecular weight is 415 g/mol. The van der Waals surface area contributed by atoms with Crippen LogP contribution in [-0.2, 0) is 6.54 Å². The molecular formula is C16H19FIN3O. The lowest BCUT2D eigenvalue weighted by Gasteiger charge is -2.08. The third kappa shape index (κ3) is 4.87. The van der Waals surface area contributed by atoms with Gasteiger partial charge in [-0.3, -0.25) is 0 Å². The van der Waals surface area contributed by atoms with Crippen molar-refractivity contribution in [1.82, 2.24) is 0 Å². The van der Waals surface area contributed by atoms with E-state index in [-0.39, 0.29) is 42.2 Å². The van der Waals surface area contributed by atoms with Gasteiger partial charge in [-0.2, -0.15) is 0 Å². The predicted octanol–water partition coefficient (Wildman–Crippen LogP) is 3.69. The van der Waals surface area contributed by atoms with Crippen molar-refractivity contribution in [2.75, 3.05) is 5.32 Å². The van der Waals surface area contributed by atoms with Crippen LogP contribution >= 0.6 is 24.0 Å². The largest absolute Gasteiger partial charge is 0.505 e. The van der Waals surface area contributed by atoms with Crippen molar-refractivity contribution in [1.29, 1.82) is 0 Å². The Labute approximate surface area is 146 Å². The highest BCUT2D eigenvalue weighted by atomic mass is 127. The van der Waals surface area contributed by atoms with Gasteiger partial charge < -0.3 is 16.2 Å². The van der Waals surface area contributed by atoms with E-state index in [0.717, 1.165) is 11.3 Å². The minimum atomic E-state index is -0.664. The van der Waals surface area contributed by atoms with Gasteiger partial charge in [0.1, 0.15) is 0 Å². The van der Waals surface area contributed by atoms with Crippen LogP contribution in [0.3, 0.4) is 0 Å². The molecular weight excluding hydrogens is 396 g/mol. The van der Waals surface area contributed by atoms with E-state index in [2.05, 4.69) is 10.3 Å². The van der Waals surface area contributed by atoms with Crippen LogP contribution in [0.25, 0.3) is 0 Å². The van der Waals surface area contributed by atoms with Crippen molar-refractivity contribution in [3.8, 4) is 5.75 Å². The van der Waals surface area contributed by atoms with Crippen molar-refractivity contribution in [2.45, 2.75) is 20.4 Å². The van der Waals surface area contributed by atoms with Crippen LogP contribution in [0, 0.1) is 19.7 Å². The molecule has 0 saturated heterocycles. The molecule has 6 heteroatoms. The number of guanidine groups is 1. The molecule has 0 atom stereocenters. The molecule has 0 heterocycles. The first-order valence-electron chi connectivity index (χ1n) is 6.57. The molecule has 0 aliphatic heterocycles. The first kappa shape index (κ1) is 18.2. The second kappa shape index (κ2) is 7.98. The molecule has 0 unspecified atom stereocenters. The molecule has 118 valence electrons. The Balaban J connectivity index is 0.00000242. The molecule has 4 nitrogen and oxygen atoms in total. The fourth-order valence-corrected chi connectivity index (χ4v) is 1.83. The van der Waals surface area contributed by atoms with E-state index in [9.17, 15) is 4.39 Å². The summed E-state index contributed by atoms with van der Waals surface area (Å²) < 4.78 is 13.2. The van der Waals surface area contributed by atoms with E-state index in [1.54, 1.807) is 6.07 Å². The fraction of sp³-hybridized carbons (Fsp3) is 0.188. The van der Waals surface area contributed by atoms with Gasteiger partial charge >= 0.3 is 0 Å². The third-order valence-corrected chi connectivity index (χ3v) is 3.22. The number of hydrogen-bond acceptors (Lipinski definition) is 2. The van der Waals surface area contributed by atoms with Crippen LogP contribution < -0.4 is 11.1 Å². The average Bonchev–Trinajstić information content (AvgIpc) is 2.44. The molecule has 0 spiro atoms. The lowest BCUT2D eigenvalue weighted by Crippen LogP contribution is -2.22. The van der Waals surface area contributed by atoms with Gasteiger partial charge in [0.2, 0.25) is 0 Å². The molecule has 0 amide bonds. The van der Waals surface area contributed by atoms with Crippen LogP contribution in [-0.4, -0.2) is 11.1 Å². The molecule has 0 saturated carbocycles. The van der Waals surface area contributed by atoms with E-state index in [1.165, 1.54) is 17.7 Å². The molecule has 2 aromatic carbocycles. The van der Waals surface area contributed by atoms with E-state index in [4.69, 9.17) is 10.8 Å². The van der Waals surface area contributed by atoms with Gasteiger partial charge in [0, 0.05) is 5.69 Å². The molecule has 0 aliphatic carbocycles. The topological polar surface area (TPSA) is 70.6 Å². The Morgan fingerprint density at radius 2 is 1.91 bits per heavy atom. The number of anilines is 1. The summed E-state index contributed by atoms with van der Waals surface area (Å²) in [5.74, 6) is -0.779. The van der Waals surface area contributed by atoms with Crippen molar-refractivity contribution >= 4 is 35.6 Å². The number of aryl methyl sites for hydroxylation is 2. The number of rotatable bonds is 3. The van der Waals surface area contributed by atoms with Gasteiger partial charge in [-0.1, -0.05) is 12.1 Å². The zero-order valence-electron chi connectivity index (χ0n) is 12.4. The van der Waals surface area contributed by atoms with Crippen molar-refractivity contribution < 1.29 is 9.50 Å². The molecule has 0 aromatic heterocycles. The number of phenols is 1. The summed E-state index contributed by atoms with van der Waals surface area (Å²) in [6.07, 6.45) is 0. The second-order valence-electron chi connectivity index (χ2n) is 4.91. The summed E-state index contributed by atoms with van der Waals surface area (Å²) in [7, 11) is 0. The first-order chi connectivity index (χ1) is 9.95. The number of nitrogens with two attached hydrogens (primary N) is 1. The number of nitrogens with one attached hydrogen (secondary N) is 1. The Bertz CT molecular complexity index is 689. The van der Waals surface area contributed by atoms with Crippen LogP contribution in [0.2, 0.25) is 0 Å². The van der Waals surface area contributed by atoms with E-state index in [1.807, 2.05) is 32.0 Å². The monoisotopic (exact) mass is 415 g/mol. The van der Waals surface area contributed by atoms with Crippen molar-refractivity contribution in [3.05, 3.63) is 58.9 Å². The maximum atomic E-state index is 13.2. The van der Waals surface area contributed by atoms with Gasteiger partial charge in [-0.25, -0.2) is 9.38 Å². The second-order valence-corrected chi connectivity index (χ2v) is 4.91. The standard InChI is InChI=1S/C16H18FN3O.HI/c1-10-3-5-13(7-11(10)2)20-16(18)19-9-12-4-6-15(21)14(17)8-12;/h3-8,21H,9H2,1-2H3,(H3,18,19,20);1H. The van der Waals surface area contributed by atoms with Gasteiger partial charge in [0.15, 0.2) is 17.5 Å². The molecule has 4 N–H and O–H groups in total. The smallest absolute Gasteiger partial charge is 0.193 e. The van der Waals surface area contributed by atoms with Crippen LogP contribution in [0.15, 0.2) is 41.4 Å². The van der Waals surface area contributed by atoms with Crippen LogP contribution in [0.1, 0.15) is 16.7 Å². The van der Waals surface area contributed by atoms with E-state index < -0.39 is 5.82 Å². The molecule has 22 heavy (non-hydrogen) atoms. The maximum Gasteiger partial charge on any atom is 0.193 e. The lowest BCUT2D eigenvalue weighted by atomic mass is 10.1. The lowest BCUT2D eigenvalue weighted by molar-refractivity contribution is 0.432. The van der Waals surface area contributed by atoms with Crippen molar-refractivity contribution in [2.24, 2.45) is 10.7 Å². The quantitative estimate of drug-likeness (QED) is 0.407. The molecule has 0 bridgehead atoms. The molecule has 0 radical (unpaired) electrons. The van der Waals surface area contributed by atoms with Gasteiger partial charge in [0.05, 0.1) is 6.54 Å². The highest BCUT2D eigenvalue weighted by molar-refractivity contribution is 14.0. The number of aromatic hydroxyl groups is 1. The predicted molar refractivity (Wildman–Crippen MR) is 98.3 cm³/mol. The number of hydrogen-bond donors (Lipinski definition) is 3. The normalized spacial score (nSPS) is 11.0. The van der Waals surface area contributed by atoms with Gasteiger partial charge in [-0.15, -0.1) is 24.0 Å². The van der Waals surface area contributed by atoms with Crippen LogP contribution in [0.5, 0.6) is 5.75 Å². The Morgan fingerprint density at radius 3 is 2.55 bits per heavy atom. The number of nitrogens with zero attached hydrogens (tertiary/aromatic N) is 1. The SMILES string of the molecule is Cc1ccc(NC(N)=NCc2ccc(O)c(F)c2)cc1C.I. The van der Waals surface area contributed by atoms with Crippen LogP contribution in [0.4, 0.5) is 10.1 Å². The summed E-state index contributed by atoms with van der Waals surface area (Å²) in [6, 6.07) is 10.0. The zero-order chi connectivity index (χ0) is 15.4. The molecule has 0 fully saturated rings. The first-order valence-corrected chi connectivity index (χ1v) is 6.57. The van der Waals surface area contributed by atoms with Gasteiger partial charge in [0.25, 0.3) is 0 Å². The summed E-state index contributed by atoms with van der Waals surface area (Å²) in [5, 5.41) is 12.1. The van der Waals surface area contributed by atoms with E-state index in [0.29, 0.717) is 5.56 Å². The summed E-state index contributed by atoms with van der Waals surface area (Å²) in [6.45, 7) is 4.30. The highest BCUT2D eigenvalue weighted by Crippen LogP contribution is 2.17. The minimum Gasteiger partial charge on any atom is -0.505 e. The van der Waals surface area contributed by atoms with Gasteiger partial charge in [-0.05, 0) is 54.8 Å². The molecule has 0 aliphatic rings. The number of aliphatic imine (C=N–C) groups is 1. The fourth-order valence-electron chi connectivity index (χ4n) is 1.83. The Kier molecular flexibility index (Phi) is 6.61. The maximum absolute atomic E-state index is 13.2. The summed E-state index contributed by atoms with van der Waals surface area (Å²) in [5.41, 5.74) is 9.66. The van der Waals surface area contributed by atoms with Crippen molar-refractivity contribution in [3.63, 3.8) is 0 Å². The summed E-state index contributed by atoms with van der Waals surface area (Å²) in [4.78, 5) is 4.15. The third-order valence-electron chi connectivity index (χ3n) is 3.22.